The standard InChI is InChI=1S/C15H27NO3/c1-4-17-15(18-5-2)10-11-16-13(3)8-9-14-7-6-12-19-14/h6-7,12-13,15-16H,4-5,8-11H2,1-3H3. The Balaban J connectivity index is 2.09. The van der Waals surface area contributed by atoms with Crippen LogP contribution in [0.25, 0.3) is 0 Å². The van der Waals surface area contributed by atoms with Crippen molar-refractivity contribution in [3.05, 3.63) is 24.2 Å². The summed E-state index contributed by atoms with van der Waals surface area (Å²) in [5.74, 6) is 1.05. The van der Waals surface area contributed by atoms with Crippen molar-refractivity contribution in [2.24, 2.45) is 0 Å². The van der Waals surface area contributed by atoms with Crippen LogP contribution in [-0.4, -0.2) is 32.1 Å². The van der Waals surface area contributed by atoms with Crippen LogP contribution in [0.5, 0.6) is 0 Å². The minimum absolute atomic E-state index is 0.0835. The summed E-state index contributed by atoms with van der Waals surface area (Å²) in [4.78, 5) is 0. The second-order valence-corrected chi connectivity index (χ2v) is 4.60. The predicted octanol–water partition coefficient (Wildman–Crippen LogP) is 2.98. The van der Waals surface area contributed by atoms with E-state index in [9.17, 15) is 0 Å². The Morgan fingerprint density at radius 2 is 1.95 bits per heavy atom. The zero-order valence-corrected chi connectivity index (χ0v) is 12.4. The van der Waals surface area contributed by atoms with E-state index in [0.717, 1.165) is 31.6 Å². The molecule has 0 aliphatic carbocycles. The molecule has 1 heterocycles. The summed E-state index contributed by atoms with van der Waals surface area (Å²) >= 11 is 0. The number of rotatable bonds is 11. The normalized spacial score (nSPS) is 13.1. The third-order valence-corrected chi connectivity index (χ3v) is 2.98. The van der Waals surface area contributed by atoms with Crippen LogP contribution in [0.15, 0.2) is 22.8 Å². The van der Waals surface area contributed by atoms with Crippen molar-refractivity contribution in [2.75, 3.05) is 19.8 Å². The molecule has 0 spiro atoms. The molecule has 1 rings (SSSR count). The molecule has 0 bridgehead atoms. The molecule has 110 valence electrons. The maximum absolute atomic E-state index is 5.51. The highest BCUT2D eigenvalue weighted by molar-refractivity contribution is 4.98. The quantitative estimate of drug-likeness (QED) is 0.627. The van der Waals surface area contributed by atoms with Crippen LogP contribution in [0.1, 0.15) is 39.4 Å². The van der Waals surface area contributed by atoms with E-state index in [1.807, 2.05) is 26.0 Å². The average Bonchev–Trinajstić information content (AvgIpc) is 2.90. The van der Waals surface area contributed by atoms with Gasteiger partial charge in [-0.2, -0.15) is 0 Å². The Labute approximate surface area is 116 Å². The molecule has 1 atom stereocenters. The first-order valence-corrected chi connectivity index (χ1v) is 7.25. The van der Waals surface area contributed by atoms with E-state index in [2.05, 4.69) is 12.2 Å². The number of ether oxygens (including phenoxy) is 2. The number of aryl methyl sites for hydroxylation is 1. The van der Waals surface area contributed by atoms with Gasteiger partial charge in [-0.15, -0.1) is 0 Å². The SMILES string of the molecule is CCOC(CCNC(C)CCc1ccco1)OCC. The van der Waals surface area contributed by atoms with Gasteiger partial charge in [0.25, 0.3) is 0 Å². The lowest BCUT2D eigenvalue weighted by Gasteiger charge is -2.19. The summed E-state index contributed by atoms with van der Waals surface area (Å²) in [5, 5.41) is 3.49. The minimum Gasteiger partial charge on any atom is -0.469 e. The monoisotopic (exact) mass is 269 g/mol. The molecule has 1 aromatic heterocycles. The van der Waals surface area contributed by atoms with Gasteiger partial charge in [0.1, 0.15) is 5.76 Å². The lowest BCUT2D eigenvalue weighted by atomic mass is 10.1. The zero-order chi connectivity index (χ0) is 13.9. The Kier molecular flexibility index (Phi) is 8.54. The third-order valence-electron chi connectivity index (χ3n) is 2.98. The van der Waals surface area contributed by atoms with Gasteiger partial charge in [-0.25, -0.2) is 0 Å². The largest absolute Gasteiger partial charge is 0.469 e. The maximum atomic E-state index is 5.51. The fourth-order valence-electron chi connectivity index (χ4n) is 1.95. The molecule has 0 amide bonds. The predicted molar refractivity (Wildman–Crippen MR) is 76.2 cm³/mol. The van der Waals surface area contributed by atoms with Gasteiger partial charge >= 0.3 is 0 Å². The fourth-order valence-corrected chi connectivity index (χ4v) is 1.95. The lowest BCUT2D eigenvalue weighted by Crippen LogP contribution is -2.31. The topological polar surface area (TPSA) is 43.6 Å². The van der Waals surface area contributed by atoms with E-state index in [1.165, 1.54) is 0 Å². The molecule has 0 saturated heterocycles. The molecule has 1 unspecified atom stereocenters. The zero-order valence-electron chi connectivity index (χ0n) is 12.4. The number of furan rings is 1. The van der Waals surface area contributed by atoms with Crippen molar-refractivity contribution in [1.29, 1.82) is 0 Å². The fraction of sp³-hybridized carbons (Fsp3) is 0.733. The molecule has 4 nitrogen and oxygen atoms in total. The van der Waals surface area contributed by atoms with Crippen LogP contribution >= 0.6 is 0 Å². The Morgan fingerprint density at radius 3 is 2.53 bits per heavy atom. The van der Waals surface area contributed by atoms with Gasteiger partial charge in [-0.05, 0) is 39.3 Å². The summed E-state index contributed by atoms with van der Waals surface area (Å²) in [7, 11) is 0. The van der Waals surface area contributed by atoms with Crippen molar-refractivity contribution >= 4 is 0 Å². The van der Waals surface area contributed by atoms with Crippen molar-refractivity contribution in [3.63, 3.8) is 0 Å². The van der Waals surface area contributed by atoms with E-state index < -0.39 is 0 Å². The van der Waals surface area contributed by atoms with E-state index in [1.54, 1.807) is 6.26 Å². The van der Waals surface area contributed by atoms with Crippen LogP contribution in [0.3, 0.4) is 0 Å². The van der Waals surface area contributed by atoms with Gasteiger partial charge in [-0.1, -0.05) is 0 Å². The number of hydrogen-bond donors (Lipinski definition) is 1. The molecule has 1 aromatic rings. The van der Waals surface area contributed by atoms with Gasteiger partial charge in [0.05, 0.1) is 6.26 Å². The molecule has 0 fully saturated rings. The molecular formula is C15H27NO3. The third kappa shape index (κ3) is 7.35. The minimum atomic E-state index is -0.0835. The van der Waals surface area contributed by atoms with E-state index in [-0.39, 0.29) is 6.29 Å². The van der Waals surface area contributed by atoms with Crippen LogP contribution in [0.2, 0.25) is 0 Å². The first-order valence-electron chi connectivity index (χ1n) is 7.25. The van der Waals surface area contributed by atoms with Crippen LogP contribution in [0, 0.1) is 0 Å². The highest BCUT2D eigenvalue weighted by Gasteiger charge is 2.09. The van der Waals surface area contributed by atoms with Crippen molar-refractivity contribution in [1.82, 2.24) is 5.32 Å². The maximum Gasteiger partial charge on any atom is 0.158 e. The molecule has 0 radical (unpaired) electrons. The Morgan fingerprint density at radius 1 is 1.21 bits per heavy atom. The lowest BCUT2D eigenvalue weighted by molar-refractivity contribution is -0.138. The Hall–Kier alpha value is -0.840. The van der Waals surface area contributed by atoms with Gasteiger partial charge in [0.15, 0.2) is 6.29 Å². The summed E-state index contributed by atoms with van der Waals surface area (Å²) in [6.07, 6.45) is 4.57. The van der Waals surface area contributed by atoms with Crippen molar-refractivity contribution in [3.8, 4) is 0 Å². The number of nitrogens with one attached hydrogen (secondary N) is 1. The summed E-state index contributed by atoms with van der Waals surface area (Å²) in [5.41, 5.74) is 0. The molecule has 4 heteroatoms. The molecule has 0 aliphatic rings. The number of hydrogen-bond acceptors (Lipinski definition) is 4. The first kappa shape index (κ1) is 16.2. The first-order chi connectivity index (χ1) is 9.26. The van der Waals surface area contributed by atoms with Crippen LogP contribution in [0.4, 0.5) is 0 Å². The average molecular weight is 269 g/mol. The van der Waals surface area contributed by atoms with E-state index in [0.29, 0.717) is 19.3 Å². The molecule has 0 saturated carbocycles. The van der Waals surface area contributed by atoms with Crippen LogP contribution in [-0.2, 0) is 15.9 Å². The molecule has 19 heavy (non-hydrogen) atoms. The summed E-state index contributed by atoms with van der Waals surface area (Å²) < 4.78 is 16.3. The van der Waals surface area contributed by atoms with E-state index >= 15 is 0 Å². The summed E-state index contributed by atoms with van der Waals surface area (Å²) in [6, 6.07) is 4.42. The molecule has 0 aromatic carbocycles. The van der Waals surface area contributed by atoms with Gasteiger partial charge in [-0.3, -0.25) is 0 Å². The van der Waals surface area contributed by atoms with E-state index in [4.69, 9.17) is 13.9 Å². The van der Waals surface area contributed by atoms with Crippen molar-refractivity contribution < 1.29 is 13.9 Å². The summed E-state index contributed by atoms with van der Waals surface area (Å²) in [6.45, 7) is 8.47. The highest BCUT2D eigenvalue weighted by atomic mass is 16.7. The molecule has 0 aliphatic heterocycles. The van der Waals surface area contributed by atoms with Gasteiger partial charge in [0, 0.05) is 38.6 Å². The van der Waals surface area contributed by atoms with Crippen LogP contribution < -0.4 is 5.32 Å². The second-order valence-electron chi connectivity index (χ2n) is 4.60. The van der Waals surface area contributed by atoms with Gasteiger partial charge < -0.3 is 19.2 Å². The van der Waals surface area contributed by atoms with Crippen molar-refractivity contribution in [2.45, 2.75) is 52.4 Å². The van der Waals surface area contributed by atoms with Gasteiger partial charge in [0.2, 0.25) is 0 Å². The molecule has 1 N–H and O–H groups in total. The second kappa shape index (κ2) is 10.0. The smallest absolute Gasteiger partial charge is 0.158 e. The Bertz CT molecular complexity index is 294. The highest BCUT2D eigenvalue weighted by Crippen LogP contribution is 2.06. The molecular weight excluding hydrogens is 242 g/mol.